The van der Waals surface area contributed by atoms with Crippen LogP contribution in [0.3, 0.4) is 0 Å². The van der Waals surface area contributed by atoms with Gasteiger partial charge in [-0.1, -0.05) is 41.9 Å². The van der Waals surface area contributed by atoms with Crippen molar-refractivity contribution in [3.63, 3.8) is 0 Å². The molecule has 1 aliphatic heterocycles. The van der Waals surface area contributed by atoms with Crippen LogP contribution in [0.25, 0.3) is 0 Å². The van der Waals surface area contributed by atoms with Gasteiger partial charge in [0.2, 0.25) is 0 Å². The highest BCUT2D eigenvalue weighted by atomic mass is 16.7. The van der Waals surface area contributed by atoms with Crippen molar-refractivity contribution >= 4 is 23.6 Å². The number of oxime groups is 1. The Morgan fingerprint density at radius 2 is 1.85 bits per heavy atom. The highest BCUT2D eigenvalue weighted by molar-refractivity contribution is 5.91. The molecule has 1 aromatic rings. The summed E-state index contributed by atoms with van der Waals surface area (Å²) in [7, 11) is 0. The molecular weight excluding hydrogens is 498 g/mol. The molecule has 0 saturated carbocycles. The Kier molecular flexibility index (Phi) is 13.1. The van der Waals surface area contributed by atoms with Crippen LogP contribution in [0.4, 0.5) is 0 Å². The number of carbonyl (C=O) groups is 3. The fourth-order valence-corrected chi connectivity index (χ4v) is 4.39. The molecule has 0 amide bonds. The van der Waals surface area contributed by atoms with Gasteiger partial charge in [0.05, 0.1) is 17.9 Å². The number of esters is 2. The minimum atomic E-state index is -0.667. The Labute approximate surface area is 232 Å². The molecule has 1 unspecified atom stereocenters. The summed E-state index contributed by atoms with van der Waals surface area (Å²) in [6.45, 7) is 11.5. The normalized spacial score (nSPS) is 21.4. The van der Waals surface area contributed by atoms with E-state index < -0.39 is 17.7 Å². The van der Waals surface area contributed by atoms with Crippen molar-refractivity contribution in [1.82, 2.24) is 0 Å². The molecule has 1 aromatic carbocycles. The SMILES string of the molecule is CC(=O)OC/C=C1\CC[C@@H](OC(C)=O)[C@](C)(CCCC(C)/C(CC=C(C)C)=N\OC(=O)c2ccccc2)OC1. The van der Waals surface area contributed by atoms with Gasteiger partial charge in [-0.15, -0.1) is 0 Å². The van der Waals surface area contributed by atoms with E-state index in [1.165, 1.54) is 13.8 Å². The molecule has 0 N–H and O–H groups in total. The van der Waals surface area contributed by atoms with E-state index in [4.69, 9.17) is 19.0 Å². The van der Waals surface area contributed by atoms with Gasteiger partial charge in [0.1, 0.15) is 18.3 Å². The number of ether oxygens (including phenoxy) is 3. The lowest BCUT2D eigenvalue weighted by molar-refractivity contribution is -0.167. The number of allylic oxidation sites excluding steroid dienone is 2. The maximum absolute atomic E-state index is 12.4. The maximum Gasteiger partial charge on any atom is 0.365 e. The first kappa shape index (κ1) is 32.0. The molecule has 1 saturated heterocycles. The van der Waals surface area contributed by atoms with E-state index in [1.54, 1.807) is 24.3 Å². The Morgan fingerprint density at radius 1 is 1.13 bits per heavy atom. The van der Waals surface area contributed by atoms with Gasteiger partial charge < -0.3 is 19.0 Å². The number of hydrogen-bond acceptors (Lipinski definition) is 8. The lowest BCUT2D eigenvalue weighted by atomic mass is 9.87. The summed E-state index contributed by atoms with van der Waals surface area (Å²) in [5.74, 6) is -1.10. The van der Waals surface area contributed by atoms with Gasteiger partial charge in [-0.3, -0.25) is 9.59 Å². The third-order valence-electron chi connectivity index (χ3n) is 6.82. The lowest BCUT2D eigenvalue weighted by Gasteiger charge is -2.35. The Hall–Kier alpha value is -3.26. The molecule has 0 aliphatic carbocycles. The van der Waals surface area contributed by atoms with Gasteiger partial charge in [-0.2, -0.15) is 0 Å². The summed E-state index contributed by atoms with van der Waals surface area (Å²) >= 11 is 0. The number of nitrogens with zero attached hydrogens (tertiary/aromatic N) is 1. The molecule has 1 aliphatic rings. The second-order valence-electron chi connectivity index (χ2n) is 10.5. The van der Waals surface area contributed by atoms with Crippen LogP contribution in [0, 0.1) is 5.92 Å². The van der Waals surface area contributed by atoms with Crippen LogP contribution >= 0.6 is 0 Å². The van der Waals surface area contributed by atoms with Gasteiger partial charge in [0.25, 0.3) is 0 Å². The molecule has 0 bridgehead atoms. The molecule has 0 aromatic heterocycles. The third kappa shape index (κ3) is 11.6. The van der Waals surface area contributed by atoms with Crippen molar-refractivity contribution in [3.05, 3.63) is 59.2 Å². The highest BCUT2D eigenvalue weighted by Gasteiger charge is 2.39. The minimum Gasteiger partial charge on any atom is -0.462 e. The van der Waals surface area contributed by atoms with E-state index in [-0.39, 0.29) is 24.5 Å². The molecule has 39 heavy (non-hydrogen) atoms. The molecular formula is C31H43NO7. The Bertz CT molecular complexity index is 1060. The lowest BCUT2D eigenvalue weighted by Crippen LogP contribution is -2.43. The Morgan fingerprint density at radius 3 is 2.49 bits per heavy atom. The number of benzene rings is 1. The van der Waals surface area contributed by atoms with Gasteiger partial charge >= 0.3 is 17.9 Å². The zero-order chi connectivity index (χ0) is 28.8. The molecule has 1 fully saturated rings. The fraction of sp³-hybridized carbons (Fsp3) is 0.548. The molecule has 0 spiro atoms. The minimum absolute atomic E-state index is 0.0601. The third-order valence-corrected chi connectivity index (χ3v) is 6.82. The van der Waals surface area contributed by atoms with E-state index in [2.05, 4.69) is 18.2 Å². The smallest absolute Gasteiger partial charge is 0.365 e. The maximum atomic E-state index is 12.4. The first-order valence-electron chi connectivity index (χ1n) is 13.6. The first-order chi connectivity index (χ1) is 18.5. The quantitative estimate of drug-likeness (QED) is 0.0999. The number of rotatable bonds is 12. The van der Waals surface area contributed by atoms with Crippen LogP contribution in [-0.4, -0.2) is 48.5 Å². The molecule has 8 heteroatoms. The van der Waals surface area contributed by atoms with Crippen molar-refractivity contribution in [2.24, 2.45) is 11.1 Å². The van der Waals surface area contributed by atoms with E-state index in [1.807, 2.05) is 32.9 Å². The van der Waals surface area contributed by atoms with Crippen molar-refractivity contribution in [2.75, 3.05) is 13.2 Å². The second kappa shape index (κ2) is 16.0. The largest absolute Gasteiger partial charge is 0.462 e. The first-order valence-corrected chi connectivity index (χ1v) is 13.6. The molecule has 1 heterocycles. The molecule has 0 radical (unpaired) electrons. The standard InChI is InChI=1S/C31H43NO7/c1-22(2)14-16-28(32-39-30(35)27-12-8-7-9-13-27)23(3)11-10-19-31(6)29(38-25(5)34)17-15-26(21-37-31)18-20-36-24(4)33/h7-9,12-14,18,23,29H,10-11,15-17,19-21H2,1-6H3/b26-18+,32-28-/t23?,29-,31+/m1/s1. The van der Waals surface area contributed by atoms with Crippen LogP contribution in [0.15, 0.2) is 58.8 Å². The summed E-state index contributed by atoms with van der Waals surface area (Å²) in [5.41, 5.74) is 2.75. The molecule has 3 atom stereocenters. The van der Waals surface area contributed by atoms with Crippen LogP contribution in [0.2, 0.25) is 0 Å². The second-order valence-corrected chi connectivity index (χ2v) is 10.5. The summed E-state index contributed by atoms with van der Waals surface area (Å²) in [6, 6.07) is 8.80. The summed E-state index contributed by atoms with van der Waals surface area (Å²) < 4.78 is 17.1. The number of carbonyl (C=O) groups excluding carboxylic acids is 3. The van der Waals surface area contributed by atoms with Gasteiger partial charge in [0, 0.05) is 20.3 Å². The van der Waals surface area contributed by atoms with Crippen molar-refractivity contribution in [3.8, 4) is 0 Å². The van der Waals surface area contributed by atoms with Crippen LogP contribution in [0.1, 0.15) is 90.4 Å². The van der Waals surface area contributed by atoms with Gasteiger partial charge in [-0.05, 0) is 82.6 Å². The molecule has 2 rings (SSSR count). The van der Waals surface area contributed by atoms with Crippen LogP contribution in [0.5, 0.6) is 0 Å². The van der Waals surface area contributed by atoms with E-state index in [0.29, 0.717) is 37.9 Å². The molecule has 214 valence electrons. The van der Waals surface area contributed by atoms with Crippen molar-refractivity contribution in [1.29, 1.82) is 0 Å². The van der Waals surface area contributed by atoms with E-state index in [9.17, 15) is 14.4 Å². The van der Waals surface area contributed by atoms with Crippen LogP contribution in [-0.2, 0) is 28.6 Å². The monoisotopic (exact) mass is 541 g/mol. The van der Waals surface area contributed by atoms with Crippen molar-refractivity contribution in [2.45, 2.75) is 91.8 Å². The highest BCUT2D eigenvalue weighted by Crippen LogP contribution is 2.34. The zero-order valence-electron chi connectivity index (χ0n) is 24.2. The predicted octanol–water partition coefficient (Wildman–Crippen LogP) is 6.35. The predicted molar refractivity (Wildman–Crippen MR) is 150 cm³/mol. The number of hydrogen-bond donors (Lipinski definition) is 0. The fourth-order valence-electron chi connectivity index (χ4n) is 4.39. The summed E-state index contributed by atoms with van der Waals surface area (Å²) in [5, 5.41) is 4.25. The van der Waals surface area contributed by atoms with Crippen molar-refractivity contribution < 1.29 is 33.4 Å². The van der Waals surface area contributed by atoms with E-state index >= 15 is 0 Å². The summed E-state index contributed by atoms with van der Waals surface area (Å²) in [6.07, 6.45) is 7.71. The summed E-state index contributed by atoms with van der Waals surface area (Å²) in [4.78, 5) is 40.7. The average molecular weight is 542 g/mol. The zero-order valence-corrected chi connectivity index (χ0v) is 24.2. The topological polar surface area (TPSA) is 100 Å². The van der Waals surface area contributed by atoms with Crippen LogP contribution < -0.4 is 0 Å². The Balaban J connectivity index is 2.07. The van der Waals surface area contributed by atoms with Gasteiger partial charge in [0.15, 0.2) is 0 Å². The average Bonchev–Trinajstić information content (AvgIpc) is 3.02. The van der Waals surface area contributed by atoms with Gasteiger partial charge in [-0.25, -0.2) is 4.79 Å². The molecule has 8 nitrogen and oxygen atoms in total. The van der Waals surface area contributed by atoms with E-state index in [0.717, 1.165) is 29.7 Å².